The summed E-state index contributed by atoms with van der Waals surface area (Å²) in [5.74, 6) is -9.08. The van der Waals surface area contributed by atoms with E-state index in [1.165, 1.54) is 6.92 Å². The summed E-state index contributed by atoms with van der Waals surface area (Å²) >= 11 is 0. The number of nitro benzene ring substituents is 1. The maximum absolute atomic E-state index is 13.7. The Hall–Kier alpha value is -2.36. The maximum Gasteiger partial charge on any atom is 0.379 e. The van der Waals surface area contributed by atoms with E-state index in [2.05, 4.69) is 4.74 Å². The van der Waals surface area contributed by atoms with Gasteiger partial charge in [-0.15, -0.1) is 0 Å². The number of carbonyl (C=O) groups excluding carboxylic acids is 1. The van der Waals surface area contributed by atoms with Crippen LogP contribution >= 0.6 is 0 Å². The Morgan fingerprint density at radius 1 is 1.57 bits per heavy atom. The first-order chi connectivity index (χ1) is 9.62. The molecule has 0 aliphatic carbocycles. The minimum atomic E-state index is -4.30. The van der Waals surface area contributed by atoms with E-state index in [0.29, 0.717) is 12.1 Å². The molecule has 0 radical (unpaired) electrons. The zero-order valence-corrected chi connectivity index (χ0v) is 10.7. The summed E-state index contributed by atoms with van der Waals surface area (Å²) in [4.78, 5) is 20.6. The van der Waals surface area contributed by atoms with Crippen molar-refractivity contribution >= 4 is 11.7 Å². The highest BCUT2D eigenvalue weighted by Gasteiger charge is 2.49. The molecule has 0 saturated heterocycles. The van der Waals surface area contributed by atoms with Crippen LogP contribution in [-0.2, 0) is 9.53 Å². The number of nitro groups is 1. The lowest BCUT2D eigenvalue weighted by atomic mass is 9.99. The number of hydrogen-bond donors (Lipinski definition) is 2. The Morgan fingerprint density at radius 2 is 2.14 bits per heavy atom. The summed E-state index contributed by atoms with van der Waals surface area (Å²) in [6.45, 7) is 0.931. The summed E-state index contributed by atoms with van der Waals surface area (Å²) in [6.07, 6.45) is 0. The standard InChI is InChI=1S/C11H11F3N2O5/c1-2-21-10(18)11(13,14)9(15)6-3-5(16(19)20)4-7(12)8(6)17/h3-4,9,17H,2,15H2,1H3/t9-/m0/s1. The first kappa shape index (κ1) is 16.7. The molecule has 0 heterocycles. The van der Waals surface area contributed by atoms with Crippen LogP contribution in [0.3, 0.4) is 0 Å². The average Bonchev–Trinajstić information content (AvgIpc) is 2.40. The lowest BCUT2D eigenvalue weighted by Crippen LogP contribution is -2.41. The number of ether oxygens (including phenoxy) is 1. The third-order valence-electron chi connectivity index (χ3n) is 2.56. The molecule has 1 aromatic carbocycles. The van der Waals surface area contributed by atoms with Crippen molar-refractivity contribution < 1.29 is 32.7 Å². The van der Waals surface area contributed by atoms with Crippen LogP contribution < -0.4 is 5.73 Å². The van der Waals surface area contributed by atoms with Crippen molar-refractivity contribution in [1.82, 2.24) is 0 Å². The van der Waals surface area contributed by atoms with Gasteiger partial charge in [-0.25, -0.2) is 9.18 Å². The number of alkyl halides is 2. The number of esters is 1. The van der Waals surface area contributed by atoms with Crippen molar-refractivity contribution in [2.75, 3.05) is 6.61 Å². The third kappa shape index (κ3) is 3.21. The molecule has 0 aliphatic heterocycles. The molecule has 0 bridgehead atoms. The van der Waals surface area contributed by atoms with Gasteiger partial charge in [0.05, 0.1) is 17.6 Å². The molecule has 0 aliphatic rings. The van der Waals surface area contributed by atoms with E-state index in [1.807, 2.05) is 0 Å². The Labute approximate surface area is 116 Å². The number of halogens is 3. The number of rotatable bonds is 5. The lowest BCUT2D eigenvalue weighted by molar-refractivity contribution is -0.385. The van der Waals surface area contributed by atoms with Crippen LogP contribution in [0.2, 0.25) is 0 Å². The highest BCUT2D eigenvalue weighted by Crippen LogP contribution is 2.38. The first-order valence-corrected chi connectivity index (χ1v) is 5.60. The lowest BCUT2D eigenvalue weighted by Gasteiger charge is -2.22. The number of phenols is 1. The molecule has 0 saturated carbocycles. The smallest absolute Gasteiger partial charge is 0.379 e. The van der Waals surface area contributed by atoms with Crippen LogP contribution in [0.25, 0.3) is 0 Å². The van der Waals surface area contributed by atoms with Crippen LogP contribution in [0.5, 0.6) is 5.75 Å². The molecule has 0 fully saturated rings. The minimum absolute atomic E-state index is 0.341. The van der Waals surface area contributed by atoms with Gasteiger partial charge in [0, 0.05) is 11.6 Å². The Bertz CT molecular complexity index is 579. The minimum Gasteiger partial charge on any atom is -0.505 e. The highest BCUT2D eigenvalue weighted by molar-refractivity contribution is 5.79. The Balaban J connectivity index is 3.32. The van der Waals surface area contributed by atoms with Gasteiger partial charge in [-0.3, -0.25) is 10.1 Å². The molecule has 7 nitrogen and oxygen atoms in total. The molecule has 10 heteroatoms. The van der Waals surface area contributed by atoms with Gasteiger partial charge in [-0.1, -0.05) is 0 Å². The second-order valence-corrected chi connectivity index (χ2v) is 3.94. The van der Waals surface area contributed by atoms with E-state index in [-0.39, 0.29) is 6.61 Å². The molecule has 0 aromatic heterocycles. The number of hydrogen-bond acceptors (Lipinski definition) is 6. The number of benzene rings is 1. The number of phenolic OH excluding ortho intramolecular Hbond substituents is 1. The number of nitrogens with zero attached hydrogens (tertiary/aromatic N) is 1. The monoisotopic (exact) mass is 308 g/mol. The molecule has 0 amide bonds. The number of nitrogens with two attached hydrogens (primary N) is 1. The van der Waals surface area contributed by atoms with Gasteiger partial charge in [0.15, 0.2) is 11.6 Å². The molecule has 3 N–H and O–H groups in total. The van der Waals surface area contributed by atoms with Gasteiger partial charge in [0.1, 0.15) is 6.04 Å². The molecule has 1 rings (SSSR count). The normalized spacial score (nSPS) is 12.8. The predicted molar refractivity (Wildman–Crippen MR) is 63.2 cm³/mol. The summed E-state index contributed by atoms with van der Waals surface area (Å²) in [6, 6.07) is -1.70. The van der Waals surface area contributed by atoms with Crippen molar-refractivity contribution in [3.05, 3.63) is 33.6 Å². The van der Waals surface area contributed by atoms with E-state index in [0.717, 1.165) is 0 Å². The van der Waals surface area contributed by atoms with Gasteiger partial charge in [0.2, 0.25) is 0 Å². The maximum atomic E-state index is 13.7. The van der Waals surface area contributed by atoms with Gasteiger partial charge in [0.25, 0.3) is 5.69 Å². The summed E-state index contributed by atoms with van der Waals surface area (Å²) in [5.41, 5.74) is 3.28. The molecule has 0 unspecified atom stereocenters. The number of carbonyl (C=O) groups is 1. The first-order valence-electron chi connectivity index (χ1n) is 5.60. The van der Waals surface area contributed by atoms with E-state index in [4.69, 9.17) is 5.73 Å². The van der Waals surface area contributed by atoms with Crippen molar-refractivity contribution in [2.24, 2.45) is 5.73 Å². The molecule has 21 heavy (non-hydrogen) atoms. The van der Waals surface area contributed by atoms with Gasteiger partial charge in [-0.2, -0.15) is 8.78 Å². The second-order valence-electron chi connectivity index (χ2n) is 3.94. The Kier molecular flexibility index (Phi) is 4.73. The van der Waals surface area contributed by atoms with Crippen LogP contribution in [-0.4, -0.2) is 28.5 Å². The fourth-order valence-corrected chi connectivity index (χ4v) is 1.50. The summed E-state index contributed by atoms with van der Waals surface area (Å²) in [5, 5.41) is 19.9. The average molecular weight is 308 g/mol. The van der Waals surface area contributed by atoms with Gasteiger partial charge < -0.3 is 15.6 Å². The molecule has 116 valence electrons. The zero-order valence-electron chi connectivity index (χ0n) is 10.7. The predicted octanol–water partition coefficient (Wildman–Crippen LogP) is 1.64. The van der Waals surface area contributed by atoms with Crippen LogP contribution in [0.1, 0.15) is 18.5 Å². The number of non-ortho nitro benzene ring substituents is 1. The topological polar surface area (TPSA) is 116 Å². The van der Waals surface area contributed by atoms with E-state index >= 15 is 0 Å². The van der Waals surface area contributed by atoms with Crippen LogP contribution in [0, 0.1) is 15.9 Å². The van der Waals surface area contributed by atoms with Crippen molar-refractivity contribution in [3.63, 3.8) is 0 Å². The number of aromatic hydroxyl groups is 1. The van der Waals surface area contributed by atoms with Gasteiger partial charge in [-0.05, 0) is 6.92 Å². The second kappa shape index (κ2) is 5.95. The van der Waals surface area contributed by atoms with Crippen molar-refractivity contribution in [2.45, 2.75) is 18.9 Å². The van der Waals surface area contributed by atoms with Crippen LogP contribution in [0.4, 0.5) is 18.9 Å². The zero-order chi connectivity index (χ0) is 16.4. The SMILES string of the molecule is CCOC(=O)C(F)(F)[C@@H](N)c1cc([N+](=O)[O-])cc(F)c1O. The fourth-order valence-electron chi connectivity index (χ4n) is 1.50. The molecule has 1 aromatic rings. The summed E-state index contributed by atoms with van der Waals surface area (Å²) in [7, 11) is 0. The van der Waals surface area contributed by atoms with E-state index in [1.54, 1.807) is 0 Å². The molecule has 1 atom stereocenters. The summed E-state index contributed by atoms with van der Waals surface area (Å²) < 4.78 is 44.9. The van der Waals surface area contributed by atoms with Crippen LogP contribution in [0.15, 0.2) is 12.1 Å². The quantitative estimate of drug-likeness (QED) is 0.485. The third-order valence-corrected chi connectivity index (χ3v) is 2.56. The van der Waals surface area contributed by atoms with E-state index < -0.39 is 45.7 Å². The molecular weight excluding hydrogens is 297 g/mol. The Morgan fingerprint density at radius 3 is 2.62 bits per heavy atom. The van der Waals surface area contributed by atoms with Crippen molar-refractivity contribution in [3.8, 4) is 5.75 Å². The van der Waals surface area contributed by atoms with E-state index in [9.17, 15) is 33.2 Å². The molecule has 0 spiro atoms. The highest BCUT2D eigenvalue weighted by atomic mass is 19.3. The molecular formula is C11H11F3N2O5. The largest absolute Gasteiger partial charge is 0.505 e. The van der Waals surface area contributed by atoms with Gasteiger partial charge >= 0.3 is 11.9 Å². The van der Waals surface area contributed by atoms with Crippen molar-refractivity contribution in [1.29, 1.82) is 0 Å². The fraction of sp³-hybridized carbons (Fsp3) is 0.364.